The summed E-state index contributed by atoms with van der Waals surface area (Å²) in [6.07, 6.45) is -1.30. The fraction of sp³-hybridized carbons (Fsp3) is 0.154. The van der Waals surface area contributed by atoms with Crippen LogP contribution in [0, 0.1) is 0 Å². The van der Waals surface area contributed by atoms with Crippen molar-refractivity contribution in [2.45, 2.75) is 6.17 Å². The van der Waals surface area contributed by atoms with Crippen LogP contribution in [-0.2, 0) is 19.2 Å². The van der Waals surface area contributed by atoms with E-state index in [4.69, 9.17) is 15.7 Å². The summed E-state index contributed by atoms with van der Waals surface area (Å²) in [5, 5.41) is 21.7. The van der Waals surface area contributed by atoms with Crippen LogP contribution in [0.2, 0.25) is 0 Å². The van der Waals surface area contributed by atoms with E-state index in [1.54, 1.807) is 30.3 Å². The fourth-order valence-corrected chi connectivity index (χ4v) is 1.93. The van der Waals surface area contributed by atoms with Gasteiger partial charge in [-0.3, -0.25) is 4.79 Å². The van der Waals surface area contributed by atoms with Crippen molar-refractivity contribution in [1.82, 2.24) is 5.32 Å². The van der Waals surface area contributed by atoms with Gasteiger partial charge in [0.05, 0.1) is 12.2 Å². The Kier molecular flexibility index (Phi) is 4.28. The van der Waals surface area contributed by atoms with Crippen LogP contribution in [0.3, 0.4) is 0 Å². The molecule has 0 fully saturated rings. The lowest BCUT2D eigenvalue weighted by Crippen LogP contribution is -2.49. The number of hydroxylamine groups is 1. The highest BCUT2D eigenvalue weighted by atomic mass is 16.7. The van der Waals surface area contributed by atoms with Gasteiger partial charge in [-0.05, 0) is 12.1 Å². The first-order valence-corrected chi connectivity index (χ1v) is 6.18. The summed E-state index contributed by atoms with van der Waals surface area (Å²) >= 11 is 0. The number of carboxylic acids is 2. The molecule has 9 nitrogen and oxygen atoms in total. The summed E-state index contributed by atoms with van der Waals surface area (Å²) in [6, 6.07) is 8.17. The van der Waals surface area contributed by atoms with Gasteiger partial charge in [-0.25, -0.2) is 9.59 Å². The van der Waals surface area contributed by atoms with Crippen LogP contribution in [0.15, 0.2) is 41.7 Å². The first-order chi connectivity index (χ1) is 10.5. The van der Waals surface area contributed by atoms with Crippen molar-refractivity contribution in [2.75, 3.05) is 11.6 Å². The Morgan fingerprint density at radius 2 is 1.82 bits per heavy atom. The third kappa shape index (κ3) is 2.83. The first-order valence-electron chi connectivity index (χ1n) is 6.18. The molecule has 0 bridgehead atoms. The number of carbonyl (C=O) groups excluding carboxylic acids is 1. The van der Waals surface area contributed by atoms with Gasteiger partial charge >= 0.3 is 11.9 Å². The molecule has 0 spiro atoms. The second kappa shape index (κ2) is 6.14. The molecule has 9 heteroatoms. The van der Waals surface area contributed by atoms with Crippen LogP contribution < -0.4 is 16.1 Å². The van der Waals surface area contributed by atoms with Gasteiger partial charge in [-0.15, -0.1) is 0 Å². The van der Waals surface area contributed by atoms with Gasteiger partial charge in [0.2, 0.25) is 5.91 Å². The number of hydrogen-bond acceptors (Lipinski definition) is 6. The van der Waals surface area contributed by atoms with E-state index in [1.807, 2.05) is 0 Å². The number of hydrogen-bond donors (Lipinski definition) is 4. The highest BCUT2D eigenvalue weighted by molar-refractivity contribution is 6.00. The Balaban J connectivity index is 2.46. The molecule has 1 aliphatic heterocycles. The fourth-order valence-electron chi connectivity index (χ4n) is 1.93. The number of nitrogens with one attached hydrogen (secondary N) is 1. The average Bonchev–Trinajstić information content (AvgIpc) is 2.87. The Bertz CT molecular complexity index is 642. The van der Waals surface area contributed by atoms with E-state index in [9.17, 15) is 19.5 Å². The monoisotopic (exact) mass is 307 g/mol. The van der Waals surface area contributed by atoms with Crippen molar-refractivity contribution in [3.05, 3.63) is 41.7 Å². The Labute approximate surface area is 124 Å². The van der Waals surface area contributed by atoms with Crippen molar-refractivity contribution < 1.29 is 29.4 Å². The lowest BCUT2D eigenvalue weighted by Gasteiger charge is -2.25. The lowest BCUT2D eigenvalue weighted by atomic mass is 10.1. The normalized spacial score (nSPS) is 17.1. The number of nitrogens with two attached hydrogens (primary N) is 1. The molecule has 116 valence electrons. The van der Waals surface area contributed by atoms with Crippen LogP contribution in [0.25, 0.3) is 0 Å². The van der Waals surface area contributed by atoms with Gasteiger partial charge in [0.1, 0.15) is 5.57 Å². The van der Waals surface area contributed by atoms with E-state index in [2.05, 4.69) is 5.32 Å². The summed E-state index contributed by atoms with van der Waals surface area (Å²) < 4.78 is 0. The standard InChI is InChI=1S/C13H13N3O6/c14-6-8(17)15-11-9(12(18)19)10(13(20)21)22-16(11)7-4-2-1-3-5-7/h1-5,11H,6,14H2,(H,15,17)(H,18,19)(H,20,21)/t11-/m0/s1. The SMILES string of the molecule is NCC(=O)N[C@@H]1C(C(=O)O)=C(C(=O)O)ON1c1ccccc1. The second-order valence-corrected chi connectivity index (χ2v) is 4.28. The Morgan fingerprint density at radius 3 is 2.32 bits per heavy atom. The van der Waals surface area contributed by atoms with Crippen LogP contribution >= 0.6 is 0 Å². The molecule has 1 aromatic carbocycles. The van der Waals surface area contributed by atoms with Gasteiger partial charge in [0, 0.05) is 0 Å². The molecule has 2 rings (SSSR count). The van der Waals surface area contributed by atoms with Crippen molar-refractivity contribution in [3.63, 3.8) is 0 Å². The summed E-state index contributed by atoms with van der Waals surface area (Å²) in [5.41, 5.74) is 4.99. The molecule has 0 aliphatic carbocycles. The summed E-state index contributed by atoms with van der Waals surface area (Å²) in [4.78, 5) is 39.2. The van der Waals surface area contributed by atoms with Gasteiger partial charge in [-0.2, -0.15) is 5.06 Å². The first kappa shape index (κ1) is 15.3. The number of amides is 1. The number of rotatable bonds is 5. The van der Waals surface area contributed by atoms with Gasteiger partial charge < -0.3 is 26.1 Å². The molecule has 1 aromatic rings. The molecular weight excluding hydrogens is 294 g/mol. The van der Waals surface area contributed by atoms with E-state index in [0.717, 1.165) is 5.06 Å². The molecule has 1 amide bonds. The molecule has 0 saturated heterocycles. The average molecular weight is 307 g/mol. The van der Waals surface area contributed by atoms with Gasteiger partial charge in [0.15, 0.2) is 6.17 Å². The van der Waals surface area contributed by atoms with E-state index < -0.39 is 35.3 Å². The molecule has 1 aliphatic rings. The quantitative estimate of drug-likeness (QED) is 0.557. The van der Waals surface area contributed by atoms with Crippen molar-refractivity contribution >= 4 is 23.5 Å². The minimum atomic E-state index is -1.55. The molecular formula is C13H13N3O6. The van der Waals surface area contributed by atoms with Gasteiger partial charge in [0.25, 0.3) is 5.76 Å². The second-order valence-electron chi connectivity index (χ2n) is 4.28. The molecule has 1 heterocycles. The van der Waals surface area contributed by atoms with Gasteiger partial charge in [-0.1, -0.05) is 18.2 Å². The summed E-state index contributed by atoms with van der Waals surface area (Å²) in [7, 11) is 0. The number of anilines is 1. The predicted octanol–water partition coefficient (Wildman–Crippen LogP) is -0.737. The highest BCUT2D eigenvalue weighted by Crippen LogP contribution is 2.30. The molecule has 1 atom stereocenters. The molecule has 0 unspecified atom stereocenters. The summed E-state index contributed by atoms with van der Waals surface area (Å²) in [6.45, 7) is -0.381. The maximum absolute atomic E-state index is 11.5. The third-order valence-corrected chi connectivity index (χ3v) is 2.86. The number of carbonyl (C=O) groups is 3. The van der Waals surface area contributed by atoms with E-state index in [0.29, 0.717) is 5.69 Å². The van der Waals surface area contributed by atoms with Crippen molar-refractivity contribution in [1.29, 1.82) is 0 Å². The zero-order valence-corrected chi connectivity index (χ0v) is 11.2. The summed E-state index contributed by atoms with van der Waals surface area (Å²) in [5.74, 6) is -4.49. The van der Waals surface area contributed by atoms with Crippen LogP contribution in [0.5, 0.6) is 0 Å². The Hall–Kier alpha value is -3.07. The number of benzene rings is 1. The zero-order chi connectivity index (χ0) is 16.3. The molecule has 0 aromatic heterocycles. The van der Waals surface area contributed by atoms with Crippen LogP contribution in [0.1, 0.15) is 0 Å². The van der Waals surface area contributed by atoms with E-state index in [-0.39, 0.29) is 6.54 Å². The molecule has 22 heavy (non-hydrogen) atoms. The lowest BCUT2D eigenvalue weighted by molar-refractivity contribution is -0.138. The van der Waals surface area contributed by atoms with Crippen molar-refractivity contribution in [2.24, 2.45) is 5.73 Å². The van der Waals surface area contributed by atoms with Crippen LogP contribution in [0.4, 0.5) is 5.69 Å². The molecule has 0 radical (unpaired) electrons. The van der Waals surface area contributed by atoms with Crippen molar-refractivity contribution in [3.8, 4) is 0 Å². The maximum Gasteiger partial charge on any atom is 0.375 e. The number of para-hydroxylation sites is 1. The maximum atomic E-state index is 11.5. The van der Waals surface area contributed by atoms with Crippen LogP contribution in [-0.4, -0.2) is 40.8 Å². The largest absolute Gasteiger partial charge is 0.478 e. The smallest absolute Gasteiger partial charge is 0.375 e. The number of nitrogens with zero attached hydrogens (tertiary/aromatic N) is 1. The minimum absolute atomic E-state index is 0.375. The van der Waals surface area contributed by atoms with E-state index >= 15 is 0 Å². The molecule has 5 N–H and O–H groups in total. The predicted molar refractivity (Wildman–Crippen MR) is 73.3 cm³/mol. The Morgan fingerprint density at radius 1 is 1.18 bits per heavy atom. The van der Waals surface area contributed by atoms with E-state index in [1.165, 1.54) is 0 Å². The highest BCUT2D eigenvalue weighted by Gasteiger charge is 2.43. The third-order valence-electron chi connectivity index (χ3n) is 2.86. The molecule has 0 saturated carbocycles. The zero-order valence-electron chi connectivity index (χ0n) is 11.2. The topological polar surface area (TPSA) is 142 Å². The number of carboxylic acid groups (broad SMARTS) is 2. The minimum Gasteiger partial charge on any atom is -0.478 e. The number of aliphatic carboxylic acids is 2.